The lowest BCUT2D eigenvalue weighted by atomic mass is 10.1. The summed E-state index contributed by atoms with van der Waals surface area (Å²) in [5.74, 6) is -0.105. The molecule has 3 N–H and O–H groups in total. The molecular formula is C16H14N4OS. The van der Waals surface area contributed by atoms with Gasteiger partial charge in [0.05, 0.1) is 6.42 Å². The minimum Gasteiger partial charge on any atom is -0.399 e. The van der Waals surface area contributed by atoms with Crippen molar-refractivity contribution in [2.24, 2.45) is 0 Å². The number of nitrogens with two attached hydrogens (primary N) is 1. The van der Waals surface area contributed by atoms with Crippen LogP contribution in [0.15, 0.2) is 54.6 Å². The summed E-state index contributed by atoms with van der Waals surface area (Å²) in [6, 6.07) is 17.0. The molecule has 1 heterocycles. The van der Waals surface area contributed by atoms with Crippen LogP contribution < -0.4 is 11.1 Å². The number of nitrogens with one attached hydrogen (secondary N) is 1. The number of carbonyl (C=O) groups excluding carboxylic acids is 1. The minimum absolute atomic E-state index is 0.105. The van der Waals surface area contributed by atoms with E-state index in [1.807, 2.05) is 54.6 Å². The Hall–Kier alpha value is -2.73. The molecule has 0 saturated carbocycles. The Morgan fingerprint density at radius 1 is 1.05 bits per heavy atom. The number of aromatic nitrogens is 2. The average Bonchev–Trinajstić information content (AvgIpc) is 2.97. The van der Waals surface area contributed by atoms with Crippen molar-refractivity contribution in [2.75, 3.05) is 11.1 Å². The maximum absolute atomic E-state index is 12.0. The summed E-state index contributed by atoms with van der Waals surface area (Å²) in [5.41, 5.74) is 8.25. The van der Waals surface area contributed by atoms with Crippen molar-refractivity contribution >= 4 is 28.1 Å². The van der Waals surface area contributed by atoms with Crippen LogP contribution in [0.4, 0.5) is 10.8 Å². The van der Waals surface area contributed by atoms with Crippen LogP contribution in [0.5, 0.6) is 0 Å². The highest BCUT2D eigenvalue weighted by atomic mass is 32.1. The van der Waals surface area contributed by atoms with E-state index in [0.717, 1.165) is 16.1 Å². The number of hydrogen-bond acceptors (Lipinski definition) is 5. The zero-order valence-corrected chi connectivity index (χ0v) is 12.5. The zero-order valence-electron chi connectivity index (χ0n) is 11.7. The van der Waals surface area contributed by atoms with E-state index in [9.17, 15) is 4.79 Å². The van der Waals surface area contributed by atoms with Crippen molar-refractivity contribution in [1.82, 2.24) is 10.2 Å². The van der Waals surface area contributed by atoms with Gasteiger partial charge in [-0.3, -0.25) is 4.79 Å². The van der Waals surface area contributed by atoms with Crippen LogP contribution in [-0.4, -0.2) is 16.1 Å². The van der Waals surface area contributed by atoms with Gasteiger partial charge in [0.25, 0.3) is 0 Å². The first-order valence-electron chi connectivity index (χ1n) is 6.74. The lowest BCUT2D eigenvalue weighted by molar-refractivity contribution is -0.115. The number of carbonyl (C=O) groups is 1. The van der Waals surface area contributed by atoms with E-state index in [1.54, 1.807) is 0 Å². The Kier molecular flexibility index (Phi) is 4.11. The van der Waals surface area contributed by atoms with E-state index in [4.69, 9.17) is 5.73 Å². The standard InChI is InChI=1S/C16H14N4OS/c17-13-8-6-12(7-9-13)15-19-20-16(22-15)18-14(21)10-11-4-2-1-3-5-11/h1-9H,10,17H2,(H,18,20,21). The van der Waals surface area contributed by atoms with Crippen molar-refractivity contribution in [1.29, 1.82) is 0 Å². The molecule has 5 nitrogen and oxygen atoms in total. The smallest absolute Gasteiger partial charge is 0.230 e. The van der Waals surface area contributed by atoms with E-state index >= 15 is 0 Å². The van der Waals surface area contributed by atoms with Gasteiger partial charge in [-0.15, -0.1) is 10.2 Å². The highest BCUT2D eigenvalue weighted by Gasteiger charge is 2.10. The molecule has 3 rings (SSSR count). The van der Waals surface area contributed by atoms with Crippen LogP contribution >= 0.6 is 11.3 Å². The third-order valence-electron chi connectivity index (χ3n) is 3.04. The molecule has 0 bridgehead atoms. The van der Waals surface area contributed by atoms with Crippen molar-refractivity contribution in [3.05, 3.63) is 60.2 Å². The van der Waals surface area contributed by atoms with Crippen LogP contribution in [0.3, 0.4) is 0 Å². The maximum atomic E-state index is 12.0. The van der Waals surface area contributed by atoms with Crippen LogP contribution in [0.1, 0.15) is 5.56 Å². The Labute approximate surface area is 131 Å². The van der Waals surface area contributed by atoms with Crippen molar-refractivity contribution < 1.29 is 4.79 Å². The molecule has 0 fully saturated rings. The molecule has 3 aromatic rings. The first kappa shape index (κ1) is 14.2. The Bertz CT molecular complexity index is 768. The van der Waals surface area contributed by atoms with Gasteiger partial charge in [-0.25, -0.2) is 0 Å². The van der Waals surface area contributed by atoms with Crippen LogP contribution in [0.2, 0.25) is 0 Å². The molecule has 0 aliphatic heterocycles. The predicted molar refractivity (Wildman–Crippen MR) is 88.5 cm³/mol. The van der Waals surface area contributed by atoms with E-state index in [2.05, 4.69) is 15.5 Å². The number of hydrogen-bond donors (Lipinski definition) is 2. The molecule has 22 heavy (non-hydrogen) atoms. The fraction of sp³-hybridized carbons (Fsp3) is 0.0625. The molecule has 1 aromatic heterocycles. The van der Waals surface area contributed by atoms with Gasteiger partial charge in [-0.05, 0) is 29.8 Å². The first-order chi connectivity index (χ1) is 10.7. The van der Waals surface area contributed by atoms with Gasteiger partial charge in [0.1, 0.15) is 5.01 Å². The number of rotatable bonds is 4. The van der Waals surface area contributed by atoms with Gasteiger partial charge in [0, 0.05) is 11.3 Å². The molecule has 0 atom stereocenters. The first-order valence-corrected chi connectivity index (χ1v) is 7.55. The number of nitrogen functional groups attached to an aromatic ring is 1. The summed E-state index contributed by atoms with van der Waals surface area (Å²) in [6.07, 6.45) is 0.317. The van der Waals surface area contributed by atoms with E-state index in [0.29, 0.717) is 17.2 Å². The largest absolute Gasteiger partial charge is 0.399 e. The van der Waals surface area contributed by atoms with Gasteiger partial charge in [0.15, 0.2) is 0 Å². The number of anilines is 2. The highest BCUT2D eigenvalue weighted by molar-refractivity contribution is 7.18. The molecule has 2 aromatic carbocycles. The summed E-state index contributed by atoms with van der Waals surface area (Å²) < 4.78 is 0. The summed E-state index contributed by atoms with van der Waals surface area (Å²) >= 11 is 1.34. The second-order valence-electron chi connectivity index (χ2n) is 4.74. The molecular weight excluding hydrogens is 296 g/mol. The van der Waals surface area contributed by atoms with Gasteiger partial charge in [-0.1, -0.05) is 41.7 Å². The van der Waals surface area contributed by atoms with Crippen molar-refractivity contribution in [2.45, 2.75) is 6.42 Å². The summed E-state index contributed by atoms with van der Waals surface area (Å²) in [7, 11) is 0. The van der Waals surface area contributed by atoms with Gasteiger partial charge >= 0.3 is 0 Å². The highest BCUT2D eigenvalue weighted by Crippen LogP contribution is 2.26. The van der Waals surface area contributed by atoms with Gasteiger partial charge in [-0.2, -0.15) is 0 Å². The maximum Gasteiger partial charge on any atom is 0.230 e. The third-order valence-corrected chi connectivity index (χ3v) is 3.92. The monoisotopic (exact) mass is 310 g/mol. The van der Waals surface area contributed by atoms with E-state index in [-0.39, 0.29) is 5.91 Å². The quantitative estimate of drug-likeness (QED) is 0.726. The molecule has 0 saturated heterocycles. The number of amides is 1. The fourth-order valence-electron chi connectivity index (χ4n) is 1.96. The van der Waals surface area contributed by atoms with Crippen LogP contribution in [-0.2, 0) is 11.2 Å². The Morgan fingerprint density at radius 3 is 2.50 bits per heavy atom. The fourth-order valence-corrected chi connectivity index (χ4v) is 2.73. The summed E-state index contributed by atoms with van der Waals surface area (Å²) in [6.45, 7) is 0. The molecule has 0 unspecified atom stereocenters. The van der Waals surface area contributed by atoms with Gasteiger partial charge < -0.3 is 11.1 Å². The molecule has 0 radical (unpaired) electrons. The second-order valence-corrected chi connectivity index (χ2v) is 5.72. The topological polar surface area (TPSA) is 80.9 Å². The zero-order chi connectivity index (χ0) is 15.4. The van der Waals surface area contributed by atoms with E-state index in [1.165, 1.54) is 11.3 Å². The molecule has 0 aliphatic carbocycles. The Balaban J connectivity index is 1.66. The lowest BCUT2D eigenvalue weighted by Crippen LogP contribution is -2.14. The van der Waals surface area contributed by atoms with E-state index < -0.39 is 0 Å². The number of benzene rings is 2. The Morgan fingerprint density at radius 2 is 1.77 bits per heavy atom. The average molecular weight is 310 g/mol. The lowest BCUT2D eigenvalue weighted by Gasteiger charge is -2.00. The predicted octanol–water partition coefficient (Wildman–Crippen LogP) is 2.97. The molecule has 0 spiro atoms. The van der Waals surface area contributed by atoms with Crippen LogP contribution in [0.25, 0.3) is 10.6 Å². The minimum atomic E-state index is -0.105. The number of nitrogens with zero attached hydrogens (tertiary/aromatic N) is 2. The summed E-state index contributed by atoms with van der Waals surface area (Å²) in [5, 5.41) is 12.1. The molecule has 110 valence electrons. The van der Waals surface area contributed by atoms with Crippen molar-refractivity contribution in [3.63, 3.8) is 0 Å². The third kappa shape index (κ3) is 3.48. The molecule has 6 heteroatoms. The van der Waals surface area contributed by atoms with Crippen LogP contribution in [0, 0.1) is 0 Å². The normalized spacial score (nSPS) is 10.4. The molecule has 1 amide bonds. The second kappa shape index (κ2) is 6.36. The molecule has 0 aliphatic rings. The SMILES string of the molecule is Nc1ccc(-c2nnc(NC(=O)Cc3ccccc3)s2)cc1. The van der Waals surface area contributed by atoms with Crippen molar-refractivity contribution in [3.8, 4) is 10.6 Å². The summed E-state index contributed by atoms with van der Waals surface area (Å²) in [4.78, 5) is 12.0. The van der Waals surface area contributed by atoms with Gasteiger partial charge in [0.2, 0.25) is 11.0 Å².